The molecule has 0 bridgehead atoms. The van der Waals surface area contributed by atoms with E-state index in [1.807, 2.05) is 31.2 Å². The summed E-state index contributed by atoms with van der Waals surface area (Å²) in [5, 5.41) is 2.56. The van der Waals surface area contributed by atoms with Crippen LogP contribution in [0.5, 0.6) is 0 Å². The number of halogens is 1. The Balaban J connectivity index is 2.07. The molecule has 2 aromatic carbocycles. The number of amides is 2. The van der Waals surface area contributed by atoms with Gasteiger partial charge in [-0.15, -0.1) is 11.8 Å². The lowest BCUT2D eigenvalue weighted by Crippen LogP contribution is -2.47. The van der Waals surface area contributed by atoms with Gasteiger partial charge in [0.1, 0.15) is 11.9 Å². The Morgan fingerprint density at radius 1 is 1.11 bits per heavy atom. The number of nitrogens with zero attached hydrogens (tertiary/aromatic N) is 1. The fourth-order valence-corrected chi connectivity index (χ4v) is 3.69. The first kappa shape index (κ1) is 21.0. The number of hydrogen-bond acceptors (Lipinski definition) is 3. The van der Waals surface area contributed by atoms with Crippen molar-refractivity contribution in [3.8, 4) is 0 Å². The van der Waals surface area contributed by atoms with Crippen LogP contribution in [-0.4, -0.2) is 35.6 Å². The number of carbonyl (C=O) groups is 2. The Morgan fingerprint density at radius 3 is 2.37 bits per heavy atom. The lowest BCUT2D eigenvalue weighted by Gasteiger charge is -2.28. The highest BCUT2D eigenvalue weighted by Crippen LogP contribution is 2.18. The molecule has 0 aliphatic heterocycles. The summed E-state index contributed by atoms with van der Waals surface area (Å²) in [5.74, 6) is 0.0910. The average Bonchev–Trinajstić information content (AvgIpc) is 2.67. The third-order valence-electron chi connectivity index (χ3n) is 4.46. The molecule has 0 unspecified atom stereocenters. The van der Waals surface area contributed by atoms with Crippen molar-refractivity contribution in [3.05, 3.63) is 71.0 Å². The van der Waals surface area contributed by atoms with E-state index in [1.54, 1.807) is 25.1 Å². The van der Waals surface area contributed by atoms with Crippen LogP contribution < -0.4 is 5.32 Å². The predicted octanol–water partition coefficient (Wildman–Crippen LogP) is 3.53. The van der Waals surface area contributed by atoms with Crippen molar-refractivity contribution in [2.45, 2.75) is 32.2 Å². The Hall–Kier alpha value is -2.34. The van der Waals surface area contributed by atoms with Crippen LogP contribution >= 0.6 is 11.8 Å². The highest BCUT2D eigenvalue weighted by Gasteiger charge is 2.26. The number of carbonyl (C=O) groups excluding carboxylic acids is 2. The molecule has 0 radical (unpaired) electrons. The van der Waals surface area contributed by atoms with Gasteiger partial charge in [-0.05, 0) is 31.0 Å². The van der Waals surface area contributed by atoms with E-state index in [-0.39, 0.29) is 29.9 Å². The average molecular weight is 389 g/mol. The van der Waals surface area contributed by atoms with Gasteiger partial charge in [-0.25, -0.2) is 4.39 Å². The number of rotatable bonds is 8. The molecule has 0 aliphatic rings. The fraction of sp³-hybridized carbons (Fsp3) is 0.333. The van der Waals surface area contributed by atoms with Gasteiger partial charge in [-0.2, -0.15) is 0 Å². The number of aryl methyl sites for hydroxylation is 1. The fourth-order valence-electron chi connectivity index (χ4n) is 2.70. The first-order valence-corrected chi connectivity index (χ1v) is 9.96. The van der Waals surface area contributed by atoms with Crippen molar-refractivity contribution >= 4 is 23.6 Å². The van der Waals surface area contributed by atoms with E-state index in [2.05, 4.69) is 5.32 Å². The molecule has 0 saturated heterocycles. The Morgan fingerprint density at radius 2 is 1.74 bits per heavy atom. The molecule has 4 nitrogen and oxygen atoms in total. The summed E-state index contributed by atoms with van der Waals surface area (Å²) in [6.45, 7) is 3.75. The predicted molar refractivity (Wildman–Crippen MR) is 108 cm³/mol. The summed E-state index contributed by atoms with van der Waals surface area (Å²) in [6.07, 6.45) is 0. The summed E-state index contributed by atoms with van der Waals surface area (Å²) in [6, 6.07) is 13.7. The van der Waals surface area contributed by atoms with Crippen molar-refractivity contribution in [1.82, 2.24) is 10.2 Å². The van der Waals surface area contributed by atoms with E-state index in [9.17, 15) is 14.0 Å². The highest BCUT2D eigenvalue weighted by molar-refractivity contribution is 7.99. The number of hydrogen-bond donors (Lipinski definition) is 1. The van der Waals surface area contributed by atoms with Crippen molar-refractivity contribution < 1.29 is 14.0 Å². The zero-order valence-corrected chi connectivity index (χ0v) is 16.7. The van der Waals surface area contributed by atoms with Crippen LogP contribution in [0.2, 0.25) is 0 Å². The molecule has 0 spiro atoms. The molecule has 2 rings (SSSR count). The highest BCUT2D eigenvalue weighted by atomic mass is 32.2. The second-order valence-corrected chi connectivity index (χ2v) is 7.31. The van der Waals surface area contributed by atoms with Gasteiger partial charge in [0.2, 0.25) is 11.8 Å². The molecular formula is C21H25FN2O2S. The maximum absolute atomic E-state index is 14.0. The Labute approximate surface area is 164 Å². The SMILES string of the molecule is CNC(=O)[C@H](C)N(Cc1ccccc1F)C(=O)CSCc1ccccc1C. The summed E-state index contributed by atoms with van der Waals surface area (Å²) in [7, 11) is 1.53. The van der Waals surface area contributed by atoms with Gasteiger partial charge in [0.05, 0.1) is 5.75 Å². The third-order valence-corrected chi connectivity index (χ3v) is 5.42. The van der Waals surface area contributed by atoms with Gasteiger partial charge in [0.25, 0.3) is 0 Å². The smallest absolute Gasteiger partial charge is 0.242 e. The minimum absolute atomic E-state index is 0.0605. The molecule has 0 saturated carbocycles. The van der Waals surface area contributed by atoms with Crippen LogP contribution in [0.25, 0.3) is 0 Å². The molecule has 0 fully saturated rings. The van der Waals surface area contributed by atoms with E-state index in [0.717, 1.165) is 0 Å². The summed E-state index contributed by atoms with van der Waals surface area (Å²) in [5.41, 5.74) is 2.75. The molecule has 6 heteroatoms. The molecule has 0 heterocycles. The van der Waals surface area contributed by atoms with E-state index < -0.39 is 6.04 Å². The van der Waals surface area contributed by atoms with Gasteiger partial charge in [-0.3, -0.25) is 9.59 Å². The molecule has 2 amide bonds. The van der Waals surface area contributed by atoms with Crippen LogP contribution in [0.1, 0.15) is 23.6 Å². The Kier molecular flexibility index (Phi) is 7.85. The van der Waals surface area contributed by atoms with Crippen LogP contribution in [0.4, 0.5) is 4.39 Å². The summed E-state index contributed by atoms with van der Waals surface area (Å²) < 4.78 is 14.0. The number of thioether (sulfide) groups is 1. The van der Waals surface area contributed by atoms with Gasteiger partial charge < -0.3 is 10.2 Å². The second-order valence-electron chi connectivity index (χ2n) is 6.32. The topological polar surface area (TPSA) is 49.4 Å². The molecule has 2 aromatic rings. The van der Waals surface area contributed by atoms with Crippen molar-refractivity contribution in [2.75, 3.05) is 12.8 Å². The first-order valence-electron chi connectivity index (χ1n) is 8.80. The van der Waals surface area contributed by atoms with Gasteiger partial charge in [0, 0.05) is 24.9 Å². The molecule has 1 atom stereocenters. The minimum Gasteiger partial charge on any atom is -0.357 e. The zero-order valence-electron chi connectivity index (χ0n) is 15.9. The quantitative estimate of drug-likeness (QED) is 0.753. The van der Waals surface area contributed by atoms with Crippen molar-refractivity contribution in [3.63, 3.8) is 0 Å². The van der Waals surface area contributed by atoms with Gasteiger partial charge >= 0.3 is 0 Å². The van der Waals surface area contributed by atoms with E-state index in [4.69, 9.17) is 0 Å². The lowest BCUT2D eigenvalue weighted by atomic mass is 10.1. The standard InChI is InChI=1S/C21H25FN2O2S/c1-15-8-4-5-10-18(15)13-27-14-20(25)24(16(2)21(26)23-3)12-17-9-6-7-11-19(17)22/h4-11,16H,12-14H2,1-3H3,(H,23,26)/t16-/m0/s1. The van der Waals surface area contributed by atoms with Gasteiger partial charge in [-0.1, -0.05) is 42.5 Å². The molecule has 0 aliphatic carbocycles. The minimum atomic E-state index is -0.679. The lowest BCUT2D eigenvalue weighted by molar-refractivity contribution is -0.138. The van der Waals surface area contributed by atoms with Crippen LogP contribution in [0.3, 0.4) is 0 Å². The molecule has 1 N–H and O–H groups in total. The second kappa shape index (κ2) is 10.1. The first-order chi connectivity index (χ1) is 12.9. The van der Waals surface area contributed by atoms with Crippen molar-refractivity contribution in [1.29, 1.82) is 0 Å². The largest absolute Gasteiger partial charge is 0.357 e. The maximum atomic E-state index is 14.0. The number of nitrogens with one attached hydrogen (secondary N) is 1. The molecule has 27 heavy (non-hydrogen) atoms. The number of likely N-dealkylation sites (N-methyl/N-ethyl adjacent to an activating group) is 1. The summed E-state index contributed by atoms with van der Waals surface area (Å²) >= 11 is 1.49. The normalized spacial score (nSPS) is 11.7. The Bertz CT molecular complexity index is 797. The third kappa shape index (κ3) is 5.82. The monoisotopic (exact) mass is 388 g/mol. The maximum Gasteiger partial charge on any atom is 0.242 e. The van der Waals surface area contributed by atoms with E-state index in [1.165, 1.54) is 40.9 Å². The van der Waals surface area contributed by atoms with Crippen LogP contribution in [0.15, 0.2) is 48.5 Å². The van der Waals surface area contributed by atoms with Crippen LogP contribution in [-0.2, 0) is 21.9 Å². The van der Waals surface area contributed by atoms with Crippen LogP contribution in [0, 0.1) is 12.7 Å². The summed E-state index contributed by atoms with van der Waals surface area (Å²) in [4.78, 5) is 26.3. The molecule has 144 valence electrons. The molecular weight excluding hydrogens is 363 g/mol. The molecule has 0 aromatic heterocycles. The van der Waals surface area contributed by atoms with Gasteiger partial charge in [0.15, 0.2) is 0 Å². The van der Waals surface area contributed by atoms with E-state index in [0.29, 0.717) is 11.3 Å². The number of benzene rings is 2. The van der Waals surface area contributed by atoms with E-state index >= 15 is 0 Å². The van der Waals surface area contributed by atoms with Crippen molar-refractivity contribution in [2.24, 2.45) is 0 Å². The zero-order chi connectivity index (χ0) is 19.8.